The first kappa shape index (κ1) is 21.0. The second kappa shape index (κ2) is 9.17. The van der Waals surface area contributed by atoms with Gasteiger partial charge in [-0.2, -0.15) is 0 Å². The number of hydrogen-bond donors (Lipinski definition) is 3. The summed E-state index contributed by atoms with van der Waals surface area (Å²) in [6.45, 7) is 2.73. The lowest BCUT2D eigenvalue weighted by Gasteiger charge is -2.16. The van der Waals surface area contributed by atoms with E-state index < -0.39 is 10.0 Å². The molecule has 29 heavy (non-hydrogen) atoms. The van der Waals surface area contributed by atoms with E-state index in [1.54, 1.807) is 12.1 Å². The highest BCUT2D eigenvalue weighted by Crippen LogP contribution is 2.23. The summed E-state index contributed by atoms with van der Waals surface area (Å²) in [5.74, 6) is -0.0850. The minimum absolute atomic E-state index is 0.0395. The first-order valence-corrected chi connectivity index (χ1v) is 11.0. The Hall–Kier alpha value is -2.74. The number of benzene rings is 3. The van der Waals surface area contributed by atoms with E-state index in [1.807, 2.05) is 25.1 Å². The van der Waals surface area contributed by atoms with Crippen molar-refractivity contribution in [1.82, 2.24) is 10.6 Å². The Labute approximate surface area is 171 Å². The summed E-state index contributed by atoms with van der Waals surface area (Å²) in [7, 11) is -3.68. The standard InChI is InChI=1S/C22H25N3O3S/c1-16(20-8-4-6-18-5-2-3-7-21(18)20)25-15-22(26)24-14-13-17-9-11-19(12-10-17)29(23,27)28/h2-12,16,25H,13-15H2,1H3,(H,24,26)(H2,23,27,28)/t16-/m0/s1. The monoisotopic (exact) mass is 411 g/mol. The molecule has 3 aromatic carbocycles. The number of carbonyl (C=O) groups excluding carboxylic acids is 1. The van der Waals surface area contributed by atoms with Gasteiger partial charge >= 0.3 is 0 Å². The first-order valence-electron chi connectivity index (χ1n) is 9.44. The van der Waals surface area contributed by atoms with E-state index in [1.165, 1.54) is 22.9 Å². The van der Waals surface area contributed by atoms with Gasteiger partial charge in [0.15, 0.2) is 0 Å². The normalized spacial score (nSPS) is 12.6. The van der Waals surface area contributed by atoms with Crippen LogP contribution in [0.15, 0.2) is 71.6 Å². The van der Waals surface area contributed by atoms with Crippen LogP contribution in [-0.4, -0.2) is 27.4 Å². The zero-order valence-corrected chi connectivity index (χ0v) is 17.1. The first-order chi connectivity index (χ1) is 13.8. The minimum Gasteiger partial charge on any atom is -0.355 e. The molecule has 0 radical (unpaired) electrons. The van der Waals surface area contributed by atoms with Crippen molar-refractivity contribution < 1.29 is 13.2 Å². The molecule has 6 nitrogen and oxygen atoms in total. The van der Waals surface area contributed by atoms with Gasteiger partial charge in [-0.25, -0.2) is 13.6 Å². The second-order valence-electron chi connectivity index (χ2n) is 6.96. The number of primary sulfonamides is 1. The van der Waals surface area contributed by atoms with E-state index in [0.29, 0.717) is 13.0 Å². The molecule has 0 spiro atoms. The van der Waals surface area contributed by atoms with Crippen molar-refractivity contribution in [2.24, 2.45) is 5.14 Å². The Kier molecular flexibility index (Phi) is 6.64. The fourth-order valence-corrected chi connectivity index (χ4v) is 3.75. The lowest BCUT2D eigenvalue weighted by molar-refractivity contribution is -0.120. The topological polar surface area (TPSA) is 101 Å². The van der Waals surface area contributed by atoms with Gasteiger partial charge in [0.2, 0.25) is 15.9 Å². The molecule has 1 amide bonds. The zero-order chi connectivity index (χ0) is 20.9. The van der Waals surface area contributed by atoms with Crippen LogP contribution < -0.4 is 15.8 Å². The molecule has 0 aliphatic carbocycles. The van der Waals surface area contributed by atoms with E-state index in [-0.39, 0.29) is 23.4 Å². The number of sulfonamides is 1. The fraction of sp³-hybridized carbons (Fsp3) is 0.227. The molecule has 7 heteroatoms. The molecule has 0 aliphatic heterocycles. The van der Waals surface area contributed by atoms with E-state index in [9.17, 15) is 13.2 Å². The summed E-state index contributed by atoms with van der Waals surface area (Å²) in [4.78, 5) is 12.2. The lowest BCUT2D eigenvalue weighted by atomic mass is 10.00. The molecule has 0 bridgehead atoms. The summed E-state index contributed by atoms with van der Waals surface area (Å²) in [5.41, 5.74) is 2.08. The third-order valence-corrected chi connectivity index (χ3v) is 5.78. The highest BCUT2D eigenvalue weighted by Gasteiger charge is 2.11. The fourth-order valence-electron chi connectivity index (χ4n) is 3.24. The molecule has 0 aromatic heterocycles. The number of hydrogen-bond acceptors (Lipinski definition) is 4. The van der Waals surface area contributed by atoms with Gasteiger partial charge in [0.1, 0.15) is 0 Å². The highest BCUT2D eigenvalue weighted by molar-refractivity contribution is 7.89. The summed E-state index contributed by atoms with van der Waals surface area (Å²) in [5, 5.41) is 13.6. The number of amides is 1. The predicted molar refractivity (Wildman–Crippen MR) is 115 cm³/mol. The Balaban J connectivity index is 1.47. The molecule has 1 atom stereocenters. The number of nitrogens with one attached hydrogen (secondary N) is 2. The molecule has 4 N–H and O–H groups in total. The maximum Gasteiger partial charge on any atom is 0.238 e. The maximum atomic E-state index is 12.1. The van der Waals surface area contributed by atoms with Gasteiger partial charge in [-0.15, -0.1) is 0 Å². The second-order valence-corrected chi connectivity index (χ2v) is 8.52. The Morgan fingerprint density at radius 1 is 1.00 bits per heavy atom. The molecule has 3 rings (SSSR count). The van der Waals surface area contributed by atoms with Crippen molar-refractivity contribution in [3.8, 4) is 0 Å². The molecule has 0 saturated carbocycles. The number of rotatable bonds is 8. The van der Waals surface area contributed by atoms with Crippen LogP contribution in [0.25, 0.3) is 10.8 Å². The predicted octanol–water partition coefficient (Wildman–Crippen LogP) is 2.50. The average Bonchev–Trinajstić information content (AvgIpc) is 2.71. The average molecular weight is 412 g/mol. The van der Waals surface area contributed by atoms with Crippen LogP contribution in [-0.2, 0) is 21.2 Å². The van der Waals surface area contributed by atoms with Gasteiger partial charge in [-0.05, 0) is 47.4 Å². The zero-order valence-electron chi connectivity index (χ0n) is 16.3. The minimum atomic E-state index is -3.68. The van der Waals surface area contributed by atoms with E-state index >= 15 is 0 Å². The third kappa shape index (κ3) is 5.63. The van der Waals surface area contributed by atoms with Crippen molar-refractivity contribution in [3.63, 3.8) is 0 Å². The molecule has 0 heterocycles. The van der Waals surface area contributed by atoms with E-state index in [4.69, 9.17) is 5.14 Å². The molecular weight excluding hydrogens is 386 g/mol. The lowest BCUT2D eigenvalue weighted by Crippen LogP contribution is -2.36. The van der Waals surface area contributed by atoms with Crippen molar-refractivity contribution >= 4 is 26.7 Å². The van der Waals surface area contributed by atoms with Crippen molar-refractivity contribution in [2.75, 3.05) is 13.1 Å². The Morgan fingerprint density at radius 3 is 2.41 bits per heavy atom. The molecule has 0 fully saturated rings. The van der Waals surface area contributed by atoms with Gasteiger partial charge in [0, 0.05) is 12.6 Å². The molecule has 3 aromatic rings. The van der Waals surface area contributed by atoms with Crippen LogP contribution in [0.3, 0.4) is 0 Å². The molecule has 0 unspecified atom stereocenters. The SMILES string of the molecule is C[C@H](NCC(=O)NCCc1ccc(S(N)(=O)=O)cc1)c1cccc2ccccc12. The van der Waals surface area contributed by atoms with Gasteiger partial charge in [0.25, 0.3) is 0 Å². The largest absolute Gasteiger partial charge is 0.355 e. The summed E-state index contributed by atoms with van der Waals surface area (Å²) >= 11 is 0. The summed E-state index contributed by atoms with van der Waals surface area (Å²) < 4.78 is 22.5. The van der Waals surface area contributed by atoms with Gasteiger partial charge in [-0.1, -0.05) is 54.6 Å². The van der Waals surface area contributed by atoms with Crippen LogP contribution in [0.1, 0.15) is 24.1 Å². The quantitative estimate of drug-likeness (QED) is 0.530. The van der Waals surface area contributed by atoms with Crippen molar-refractivity contribution in [3.05, 3.63) is 77.9 Å². The van der Waals surface area contributed by atoms with Crippen LogP contribution in [0.5, 0.6) is 0 Å². The van der Waals surface area contributed by atoms with Crippen molar-refractivity contribution in [2.45, 2.75) is 24.3 Å². The van der Waals surface area contributed by atoms with Gasteiger partial charge in [-0.3, -0.25) is 4.79 Å². The number of carbonyl (C=O) groups is 1. The molecule has 0 aliphatic rings. The van der Waals surface area contributed by atoms with Crippen LogP contribution in [0, 0.1) is 0 Å². The Morgan fingerprint density at radius 2 is 1.69 bits per heavy atom. The molecule has 152 valence electrons. The summed E-state index contributed by atoms with van der Waals surface area (Å²) in [6.07, 6.45) is 0.607. The highest BCUT2D eigenvalue weighted by atomic mass is 32.2. The smallest absolute Gasteiger partial charge is 0.238 e. The van der Waals surface area contributed by atoms with Gasteiger partial charge < -0.3 is 10.6 Å². The summed E-state index contributed by atoms with van der Waals surface area (Å²) in [6, 6.07) is 20.8. The molecule has 0 saturated heterocycles. The van der Waals surface area contributed by atoms with Crippen molar-refractivity contribution in [1.29, 1.82) is 0 Å². The van der Waals surface area contributed by atoms with E-state index in [0.717, 1.165) is 11.1 Å². The third-order valence-electron chi connectivity index (χ3n) is 4.85. The maximum absolute atomic E-state index is 12.1. The number of nitrogens with two attached hydrogens (primary N) is 1. The van der Waals surface area contributed by atoms with Gasteiger partial charge in [0.05, 0.1) is 11.4 Å². The van der Waals surface area contributed by atoms with Crippen LogP contribution in [0.4, 0.5) is 0 Å². The Bertz CT molecular complexity index is 1090. The van der Waals surface area contributed by atoms with E-state index in [2.05, 4.69) is 34.9 Å². The molecular formula is C22H25N3O3S. The van der Waals surface area contributed by atoms with Crippen LogP contribution in [0.2, 0.25) is 0 Å². The van der Waals surface area contributed by atoms with Crippen LogP contribution >= 0.6 is 0 Å². The number of fused-ring (bicyclic) bond motifs is 1.